The van der Waals surface area contributed by atoms with Crippen molar-refractivity contribution < 1.29 is 19.8 Å². The van der Waals surface area contributed by atoms with E-state index in [1.807, 2.05) is 13.8 Å². The van der Waals surface area contributed by atoms with Gasteiger partial charge in [0.2, 0.25) is 11.8 Å². The molecule has 2 amide bonds. The molecule has 0 spiro atoms. The summed E-state index contributed by atoms with van der Waals surface area (Å²) in [7, 11) is 0. The summed E-state index contributed by atoms with van der Waals surface area (Å²) in [5, 5.41) is 35.8. The van der Waals surface area contributed by atoms with Crippen LogP contribution in [-0.2, 0) is 22.4 Å². The summed E-state index contributed by atoms with van der Waals surface area (Å²) in [6, 6.07) is 4.61. The number of hydrogen-bond acceptors (Lipinski definition) is 8. The molecule has 1 aliphatic carbocycles. The highest BCUT2D eigenvalue weighted by atomic mass is 16.3. The maximum atomic E-state index is 13.0. The van der Waals surface area contributed by atoms with Crippen LogP contribution < -0.4 is 10.6 Å². The monoisotopic (exact) mass is 504 g/mol. The maximum Gasteiger partial charge on any atom is 0.225 e. The van der Waals surface area contributed by atoms with Crippen LogP contribution in [0.15, 0.2) is 30.6 Å². The van der Waals surface area contributed by atoms with E-state index in [0.29, 0.717) is 61.4 Å². The summed E-state index contributed by atoms with van der Waals surface area (Å²) in [5.74, 6) is -0.389. The SMILES string of the molecule is CCCNC(=O)C1(C)CCCc2c(-c3ncc(NC(C)=O)cc3O)nnc(-c3ncccc3O)c2CC1. The second kappa shape index (κ2) is 10.9. The minimum Gasteiger partial charge on any atom is -0.506 e. The van der Waals surface area contributed by atoms with E-state index in [4.69, 9.17) is 0 Å². The molecule has 3 aromatic heterocycles. The molecular weight excluding hydrogens is 472 g/mol. The molecule has 3 heterocycles. The molecule has 1 unspecified atom stereocenters. The molecule has 4 rings (SSSR count). The first kappa shape index (κ1) is 26.0. The van der Waals surface area contributed by atoms with Crippen LogP contribution in [0.2, 0.25) is 0 Å². The van der Waals surface area contributed by atoms with Crippen molar-refractivity contribution in [2.75, 3.05) is 11.9 Å². The standard InChI is InChI=1S/C27H32N6O4/c1-4-12-29-26(37)27(3)10-5-7-18-19(9-11-27)23(24-20(35)8-6-13-28-24)33-32-22(18)25-21(36)14-17(15-30-25)31-16(2)34/h6,8,13-15,35-36H,4-5,7,9-12H2,1-3H3,(H,29,37)(H,31,34). The Balaban J connectivity index is 1.82. The van der Waals surface area contributed by atoms with Gasteiger partial charge in [0.05, 0.1) is 11.9 Å². The van der Waals surface area contributed by atoms with Gasteiger partial charge in [0.25, 0.3) is 0 Å². The largest absolute Gasteiger partial charge is 0.506 e. The molecule has 0 fully saturated rings. The van der Waals surface area contributed by atoms with Crippen LogP contribution >= 0.6 is 0 Å². The average Bonchev–Trinajstić information content (AvgIpc) is 2.85. The van der Waals surface area contributed by atoms with Gasteiger partial charge in [-0.3, -0.25) is 14.6 Å². The summed E-state index contributed by atoms with van der Waals surface area (Å²) >= 11 is 0. The lowest BCUT2D eigenvalue weighted by Crippen LogP contribution is -2.40. The van der Waals surface area contributed by atoms with Crippen molar-refractivity contribution in [3.63, 3.8) is 0 Å². The van der Waals surface area contributed by atoms with Crippen molar-refractivity contribution in [1.82, 2.24) is 25.5 Å². The maximum absolute atomic E-state index is 13.0. The smallest absolute Gasteiger partial charge is 0.225 e. The van der Waals surface area contributed by atoms with Gasteiger partial charge in [-0.2, -0.15) is 0 Å². The number of amides is 2. The molecular formula is C27H32N6O4. The number of anilines is 1. The number of aromatic hydroxyl groups is 2. The van der Waals surface area contributed by atoms with Gasteiger partial charge in [0.15, 0.2) is 0 Å². The molecule has 0 bridgehead atoms. The van der Waals surface area contributed by atoms with Gasteiger partial charge in [0.1, 0.15) is 34.3 Å². The lowest BCUT2D eigenvalue weighted by molar-refractivity contribution is -0.131. The topological polar surface area (TPSA) is 150 Å². The quantitative estimate of drug-likeness (QED) is 0.396. The molecule has 37 heavy (non-hydrogen) atoms. The van der Waals surface area contributed by atoms with E-state index in [1.165, 1.54) is 19.2 Å². The molecule has 1 atom stereocenters. The fraction of sp³-hybridized carbons (Fsp3) is 0.407. The van der Waals surface area contributed by atoms with E-state index < -0.39 is 5.41 Å². The number of nitrogens with zero attached hydrogens (tertiary/aromatic N) is 4. The van der Waals surface area contributed by atoms with Crippen LogP contribution in [0.1, 0.15) is 57.6 Å². The fourth-order valence-electron chi connectivity index (χ4n) is 4.77. The van der Waals surface area contributed by atoms with Crippen LogP contribution in [0, 0.1) is 5.41 Å². The zero-order chi connectivity index (χ0) is 26.6. The zero-order valence-corrected chi connectivity index (χ0v) is 21.3. The van der Waals surface area contributed by atoms with Crippen LogP contribution in [0.4, 0.5) is 5.69 Å². The van der Waals surface area contributed by atoms with Crippen LogP contribution in [0.5, 0.6) is 11.5 Å². The molecule has 0 radical (unpaired) electrons. The van der Waals surface area contributed by atoms with Gasteiger partial charge < -0.3 is 20.8 Å². The molecule has 10 heteroatoms. The highest BCUT2D eigenvalue weighted by Crippen LogP contribution is 2.41. The normalized spacial score (nSPS) is 17.3. The number of fused-ring (bicyclic) bond motifs is 1. The lowest BCUT2D eigenvalue weighted by Gasteiger charge is -2.31. The predicted octanol–water partition coefficient (Wildman–Crippen LogP) is 3.77. The second-order valence-electron chi connectivity index (χ2n) is 9.67. The predicted molar refractivity (Wildman–Crippen MR) is 139 cm³/mol. The molecule has 0 aromatic carbocycles. The van der Waals surface area contributed by atoms with E-state index >= 15 is 0 Å². The minimum absolute atomic E-state index is 0.0158. The molecule has 0 saturated carbocycles. The number of carbonyl (C=O) groups excluding carboxylic acids is 2. The second-order valence-corrected chi connectivity index (χ2v) is 9.67. The van der Waals surface area contributed by atoms with Crippen molar-refractivity contribution in [2.24, 2.45) is 5.41 Å². The Bertz CT molecular complexity index is 1330. The first-order valence-electron chi connectivity index (χ1n) is 12.5. The Morgan fingerprint density at radius 3 is 2.35 bits per heavy atom. The Kier molecular flexibility index (Phi) is 7.66. The third-order valence-corrected chi connectivity index (χ3v) is 6.77. The van der Waals surface area contributed by atoms with Crippen LogP contribution in [-0.4, -0.2) is 48.7 Å². The van der Waals surface area contributed by atoms with Crippen molar-refractivity contribution in [2.45, 2.75) is 59.3 Å². The van der Waals surface area contributed by atoms with E-state index in [0.717, 1.165) is 17.5 Å². The van der Waals surface area contributed by atoms with Crippen molar-refractivity contribution in [3.8, 4) is 34.3 Å². The van der Waals surface area contributed by atoms with E-state index in [1.54, 1.807) is 18.3 Å². The summed E-state index contributed by atoms with van der Waals surface area (Å²) in [5.41, 5.74) is 2.92. The zero-order valence-electron chi connectivity index (χ0n) is 21.3. The minimum atomic E-state index is -0.555. The van der Waals surface area contributed by atoms with Gasteiger partial charge >= 0.3 is 0 Å². The van der Waals surface area contributed by atoms with E-state index in [2.05, 4.69) is 30.8 Å². The Labute approximate surface area is 215 Å². The molecule has 4 N–H and O–H groups in total. The highest BCUT2D eigenvalue weighted by molar-refractivity contribution is 5.89. The molecule has 0 saturated heterocycles. The molecule has 194 valence electrons. The van der Waals surface area contributed by atoms with Crippen molar-refractivity contribution in [3.05, 3.63) is 41.7 Å². The molecule has 10 nitrogen and oxygen atoms in total. The first-order chi connectivity index (χ1) is 17.7. The number of pyridine rings is 2. The highest BCUT2D eigenvalue weighted by Gasteiger charge is 2.35. The van der Waals surface area contributed by atoms with Crippen LogP contribution in [0.25, 0.3) is 22.8 Å². The summed E-state index contributed by atoms with van der Waals surface area (Å²) in [4.78, 5) is 33.2. The van der Waals surface area contributed by atoms with Gasteiger partial charge in [0, 0.05) is 31.1 Å². The molecule has 0 aliphatic heterocycles. The number of nitrogens with one attached hydrogen (secondary N) is 2. The Morgan fingerprint density at radius 2 is 1.70 bits per heavy atom. The lowest BCUT2D eigenvalue weighted by atomic mass is 9.75. The van der Waals surface area contributed by atoms with Gasteiger partial charge in [-0.15, -0.1) is 10.2 Å². The fourth-order valence-corrected chi connectivity index (χ4v) is 4.77. The van der Waals surface area contributed by atoms with Gasteiger partial charge in [-0.25, -0.2) is 4.98 Å². The van der Waals surface area contributed by atoms with Crippen molar-refractivity contribution >= 4 is 17.5 Å². The Hall–Kier alpha value is -4.08. The summed E-state index contributed by atoms with van der Waals surface area (Å²) in [6.45, 7) is 6.02. The number of aromatic nitrogens is 4. The molecule has 3 aromatic rings. The first-order valence-corrected chi connectivity index (χ1v) is 12.5. The van der Waals surface area contributed by atoms with E-state index in [9.17, 15) is 19.8 Å². The average molecular weight is 505 g/mol. The number of hydrogen-bond donors (Lipinski definition) is 4. The van der Waals surface area contributed by atoms with Gasteiger partial charge in [-0.1, -0.05) is 13.8 Å². The van der Waals surface area contributed by atoms with Crippen LogP contribution in [0.3, 0.4) is 0 Å². The third kappa shape index (κ3) is 5.52. The summed E-state index contributed by atoms with van der Waals surface area (Å²) < 4.78 is 0. The third-order valence-electron chi connectivity index (χ3n) is 6.77. The number of rotatable bonds is 6. The summed E-state index contributed by atoms with van der Waals surface area (Å²) in [6.07, 6.45) is 6.95. The number of carbonyl (C=O) groups is 2. The Morgan fingerprint density at radius 1 is 1.00 bits per heavy atom. The van der Waals surface area contributed by atoms with Crippen molar-refractivity contribution in [1.29, 1.82) is 0 Å². The van der Waals surface area contributed by atoms with E-state index in [-0.39, 0.29) is 29.0 Å². The molecule has 1 aliphatic rings. The van der Waals surface area contributed by atoms with Gasteiger partial charge in [-0.05, 0) is 61.8 Å².